The number of anilines is 1. The van der Waals surface area contributed by atoms with Gasteiger partial charge in [0.2, 0.25) is 0 Å². The molecule has 1 aromatic rings. The predicted molar refractivity (Wildman–Crippen MR) is 77.5 cm³/mol. The van der Waals surface area contributed by atoms with Crippen LogP contribution < -0.4 is 5.32 Å². The molecule has 19 heavy (non-hydrogen) atoms. The Balaban J connectivity index is 1.95. The van der Waals surface area contributed by atoms with Gasteiger partial charge in [-0.2, -0.15) is 0 Å². The second-order valence-corrected chi connectivity index (χ2v) is 5.50. The Labute approximate surface area is 114 Å². The molecule has 0 aromatic heterocycles. The van der Waals surface area contributed by atoms with Crippen molar-refractivity contribution in [1.29, 1.82) is 0 Å². The van der Waals surface area contributed by atoms with Crippen molar-refractivity contribution in [2.75, 3.05) is 11.9 Å². The van der Waals surface area contributed by atoms with E-state index in [0.717, 1.165) is 12.2 Å². The molecule has 0 unspecified atom stereocenters. The highest BCUT2D eigenvalue weighted by molar-refractivity contribution is 5.54. The van der Waals surface area contributed by atoms with E-state index < -0.39 is 0 Å². The molecule has 2 rings (SSSR count). The van der Waals surface area contributed by atoms with E-state index >= 15 is 0 Å². The number of benzene rings is 1. The summed E-state index contributed by atoms with van der Waals surface area (Å²) < 4.78 is 0. The van der Waals surface area contributed by atoms with Gasteiger partial charge in [0.1, 0.15) is 0 Å². The quantitative estimate of drug-likeness (QED) is 0.500. The smallest absolute Gasteiger partial charge is 0.274 e. The average Bonchev–Trinajstić information content (AvgIpc) is 2.66. The number of nitro groups is 1. The summed E-state index contributed by atoms with van der Waals surface area (Å²) in [6.07, 6.45) is 7.90. The minimum Gasteiger partial charge on any atom is -0.385 e. The molecule has 0 radical (unpaired) electrons. The lowest BCUT2D eigenvalue weighted by molar-refractivity contribution is -0.385. The number of nitrogens with zero attached hydrogens (tertiary/aromatic N) is 1. The van der Waals surface area contributed by atoms with Crippen molar-refractivity contribution in [2.24, 2.45) is 5.92 Å². The van der Waals surface area contributed by atoms with Gasteiger partial charge in [-0.1, -0.05) is 31.7 Å². The third-order valence-electron chi connectivity index (χ3n) is 3.98. The van der Waals surface area contributed by atoms with E-state index in [-0.39, 0.29) is 10.6 Å². The van der Waals surface area contributed by atoms with Crippen LogP contribution >= 0.6 is 0 Å². The Bertz CT molecular complexity index is 438. The number of hydrogen-bond acceptors (Lipinski definition) is 3. The standard InChI is InChI=1S/C15H22N2O2/c1-12-8-9-14(10-15(12)17(18)19)16-11-13-6-4-2-3-5-7-13/h8-10,13,16H,2-7,11H2,1H3. The molecule has 1 N–H and O–H groups in total. The van der Waals surface area contributed by atoms with E-state index in [1.165, 1.54) is 38.5 Å². The normalized spacial score (nSPS) is 16.9. The molecular weight excluding hydrogens is 240 g/mol. The number of rotatable bonds is 4. The third kappa shape index (κ3) is 3.94. The third-order valence-corrected chi connectivity index (χ3v) is 3.98. The molecule has 1 fully saturated rings. The first-order chi connectivity index (χ1) is 9.16. The van der Waals surface area contributed by atoms with Crippen LogP contribution in [0.4, 0.5) is 11.4 Å². The zero-order valence-electron chi connectivity index (χ0n) is 11.5. The highest BCUT2D eigenvalue weighted by Crippen LogP contribution is 2.25. The van der Waals surface area contributed by atoms with Crippen molar-refractivity contribution in [3.63, 3.8) is 0 Å². The van der Waals surface area contributed by atoms with E-state index in [0.29, 0.717) is 11.5 Å². The Morgan fingerprint density at radius 3 is 2.58 bits per heavy atom. The van der Waals surface area contributed by atoms with Gasteiger partial charge < -0.3 is 5.32 Å². The lowest BCUT2D eigenvalue weighted by Gasteiger charge is -2.15. The van der Waals surface area contributed by atoms with E-state index in [4.69, 9.17) is 0 Å². The minimum atomic E-state index is -0.313. The molecule has 0 atom stereocenters. The molecule has 1 aromatic carbocycles. The first kappa shape index (κ1) is 13.8. The summed E-state index contributed by atoms with van der Waals surface area (Å²) >= 11 is 0. The molecule has 0 aliphatic heterocycles. The highest BCUT2D eigenvalue weighted by Gasteiger charge is 2.14. The molecule has 0 heterocycles. The van der Waals surface area contributed by atoms with Crippen LogP contribution in [0, 0.1) is 23.0 Å². The Kier molecular flexibility index (Phi) is 4.77. The van der Waals surface area contributed by atoms with Crippen LogP contribution in [0.3, 0.4) is 0 Å². The first-order valence-corrected chi connectivity index (χ1v) is 7.16. The summed E-state index contributed by atoms with van der Waals surface area (Å²) in [4.78, 5) is 10.6. The van der Waals surface area contributed by atoms with Crippen molar-refractivity contribution in [1.82, 2.24) is 0 Å². The molecule has 0 saturated heterocycles. The molecule has 4 nitrogen and oxygen atoms in total. The van der Waals surface area contributed by atoms with Crippen LogP contribution in [0.5, 0.6) is 0 Å². The maximum Gasteiger partial charge on any atom is 0.274 e. The molecule has 4 heteroatoms. The van der Waals surface area contributed by atoms with Crippen LogP contribution in [0.25, 0.3) is 0 Å². The molecule has 1 saturated carbocycles. The number of nitrogens with one attached hydrogen (secondary N) is 1. The highest BCUT2D eigenvalue weighted by atomic mass is 16.6. The Morgan fingerprint density at radius 2 is 1.95 bits per heavy atom. The Morgan fingerprint density at radius 1 is 1.26 bits per heavy atom. The zero-order valence-corrected chi connectivity index (χ0v) is 11.5. The van der Waals surface area contributed by atoms with Gasteiger partial charge in [0, 0.05) is 23.9 Å². The van der Waals surface area contributed by atoms with Gasteiger partial charge >= 0.3 is 0 Å². The summed E-state index contributed by atoms with van der Waals surface area (Å²) in [5, 5.41) is 14.3. The monoisotopic (exact) mass is 262 g/mol. The van der Waals surface area contributed by atoms with Crippen molar-refractivity contribution in [3.8, 4) is 0 Å². The van der Waals surface area contributed by atoms with Crippen LogP contribution in [0.2, 0.25) is 0 Å². The van der Waals surface area contributed by atoms with Crippen molar-refractivity contribution < 1.29 is 4.92 Å². The second kappa shape index (κ2) is 6.55. The maximum atomic E-state index is 10.9. The lowest BCUT2D eigenvalue weighted by atomic mass is 10.0. The van der Waals surface area contributed by atoms with Crippen LogP contribution in [-0.4, -0.2) is 11.5 Å². The van der Waals surface area contributed by atoms with Gasteiger partial charge in [-0.3, -0.25) is 10.1 Å². The summed E-state index contributed by atoms with van der Waals surface area (Å²) in [5.41, 5.74) is 1.78. The number of nitro benzene ring substituents is 1. The fourth-order valence-electron chi connectivity index (χ4n) is 2.75. The first-order valence-electron chi connectivity index (χ1n) is 7.16. The lowest BCUT2D eigenvalue weighted by Crippen LogP contribution is -2.13. The summed E-state index contributed by atoms with van der Waals surface area (Å²) in [5.74, 6) is 0.711. The van der Waals surface area contributed by atoms with Gasteiger partial charge in [0.25, 0.3) is 5.69 Å². The topological polar surface area (TPSA) is 55.2 Å². The second-order valence-electron chi connectivity index (χ2n) is 5.50. The van der Waals surface area contributed by atoms with Gasteiger partial charge in [0.15, 0.2) is 0 Å². The zero-order chi connectivity index (χ0) is 13.7. The predicted octanol–water partition coefficient (Wildman–Crippen LogP) is 4.29. The SMILES string of the molecule is Cc1ccc(NCC2CCCCCC2)cc1[N+](=O)[O-]. The molecule has 0 bridgehead atoms. The molecule has 0 spiro atoms. The van der Waals surface area contributed by atoms with Crippen molar-refractivity contribution in [2.45, 2.75) is 45.4 Å². The van der Waals surface area contributed by atoms with E-state index in [1.807, 2.05) is 12.1 Å². The molecular formula is C15H22N2O2. The van der Waals surface area contributed by atoms with E-state index in [9.17, 15) is 10.1 Å². The van der Waals surface area contributed by atoms with Gasteiger partial charge in [0.05, 0.1) is 4.92 Å². The van der Waals surface area contributed by atoms with Crippen molar-refractivity contribution >= 4 is 11.4 Å². The molecule has 104 valence electrons. The fourth-order valence-corrected chi connectivity index (χ4v) is 2.75. The average molecular weight is 262 g/mol. The molecule has 0 amide bonds. The fraction of sp³-hybridized carbons (Fsp3) is 0.600. The number of aryl methyl sites for hydroxylation is 1. The van der Waals surface area contributed by atoms with E-state index in [2.05, 4.69) is 5.32 Å². The van der Waals surface area contributed by atoms with Gasteiger partial charge in [-0.05, 0) is 31.7 Å². The van der Waals surface area contributed by atoms with Gasteiger partial charge in [-0.15, -0.1) is 0 Å². The Hall–Kier alpha value is -1.58. The maximum absolute atomic E-state index is 10.9. The number of hydrogen-bond donors (Lipinski definition) is 1. The molecule has 1 aliphatic rings. The summed E-state index contributed by atoms with van der Waals surface area (Å²) in [6.45, 7) is 2.70. The van der Waals surface area contributed by atoms with Crippen molar-refractivity contribution in [3.05, 3.63) is 33.9 Å². The van der Waals surface area contributed by atoms with Crippen LogP contribution in [0.15, 0.2) is 18.2 Å². The van der Waals surface area contributed by atoms with Crippen LogP contribution in [-0.2, 0) is 0 Å². The largest absolute Gasteiger partial charge is 0.385 e. The summed E-state index contributed by atoms with van der Waals surface area (Å²) in [6, 6.07) is 5.39. The van der Waals surface area contributed by atoms with Crippen LogP contribution in [0.1, 0.15) is 44.1 Å². The van der Waals surface area contributed by atoms with Gasteiger partial charge in [-0.25, -0.2) is 0 Å². The minimum absolute atomic E-state index is 0.200. The summed E-state index contributed by atoms with van der Waals surface area (Å²) in [7, 11) is 0. The molecule has 1 aliphatic carbocycles. The van der Waals surface area contributed by atoms with E-state index in [1.54, 1.807) is 13.0 Å².